The number of benzene rings is 1. The molecule has 2 atom stereocenters. The molecule has 4 nitrogen and oxygen atoms in total. The zero-order valence-corrected chi connectivity index (χ0v) is 11.9. The van der Waals surface area contributed by atoms with Crippen molar-refractivity contribution in [1.29, 1.82) is 0 Å². The molecule has 0 spiro atoms. The van der Waals surface area contributed by atoms with Crippen molar-refractivity contribution in [3.63, 3.8) is 0 Å². The summed E-state index contributed by atoms with van der Waals surface area (Å²) in [6.45, 7) is 0.900. The first-order valence-corrected chi connectivity index (χ1v) is 7.09. The Morgan fingerprint density at radius 2 is 2.24 bits per heavy atom. The third kappa shape index (κ3) is 4.67. The number of halogens is 2. The average Bonchev–Trinajstić information content (AvgIpc) is 2.43. The van der Waals surface area contributed by atoms with Gasteiger partial charge in [-0.3, -0.25) is 4.79 Å². The SMILES string of the molecule is CC1CCNCC1NC(=O)Cc1ccccc1OC(F)F. The van der Waals surface area contributed by atoms with Crippen molar-refractivity contribution in [3.05, 3.63) is 29.8 Å². The van der Waals surface area contributed by atoms with E-state index in [9.17, 15) is 13.6 Å². The molecule has 1 aliphatic rings. The fourth-order valence-corrected chi connectivity index (χ4v) is 2.47. The maximum absolute atomic E-state index is 12.3. The summed E-state index contributed by atoms with van der Waals surface area (Å²) < 4.78 is 29.1. The second kappa shape index (κ2) is 7.36. The van der Waals surface area contributed by atoms with E-state index in [0.717, 1.165) is 19.5 Å². The fraction of sp³-hybridized carbons (Fsp3) is 0.533. The summed E-state index contributed by atoms with van der Waals surface area (Å²) in [7, 11) is 0. The highest BCUT2D eigenvalue weighted by atomic mass is 19.3. The largest absolute Gasteiger partial charge is 0.435 e. The molecule has 1 saturated heterocycles. The molecule has 1 amide bonds. The first-order chi connectivity index (χ1) is 10.1. The number of para-hydroxylation sites is 1. The van der Waals surface area contributed by atoms with Crippen LogP contribution >= 0.6 is 0 Å². The molecule has 2 unspecified atom stereocenters. The Hall–Kier alpha value is -1.69. The number of hydrogen-bond donors (Lipinski definition) is 2. The molecular formula is C15H20F2N2O2. The highest BCUT2D eigenvalue weighted by Crippen LogP contribution is 2.21. The lowest BCUT2D eigenvalue weighted by molar-refractivity contribution is -0.121. The molecule has 0 aromatic heterocycles. The van der Waals surface area contributed by atoms with Gasteiger partial charge in [0.15, 0.2) is 0 Å². The molecule has 1 heterocycles. The van der Waals surface area contributed by atoms with Gasteiger partial charge in [0, 0.05) is 18.2 Å². The molecule has 1 aromatic rings. The Morgan fingerprint density at radius 3 is 2.95 bits per heavy atom. The first-order valence-electron chi connectivity index (χ1n) is 7.09. The van der Waals surface area contributed by atoms with Crippen LogP contribution in [-0.2, 0) is 11.2 Å². The molecule has 1 fully saturated rings. The topological polar surface area (TPSA) is 50.4 Å². The van der Waals surface area contributed by atoms with E-state index in [1.807, 2.05) is 0 Å². The van der Waals surface area contributed by atoms with Gasteiger partial charge in [-0.1, -0.05) is 25.1 Å². The number of carbonyl (C=O) groups is 1. The zero-order chi connectivity index (χ0) is 15.2. The molecule has 0 aliphatic carbocycles. The molecule has 2 N–H and O–H groups in total. The Morgan fingerprint density at radius 1 is 1.48 bits per heavy atom. The predicted octanol–water partition coefficient (Wildman–Crippen LogP) is 1.94. The zero-order valence-electron chi connectivity index (χ0n) is 11.9. The minimum absolute atomic E-state index is 0.0338. The van der Waals surface area contributed by atoms with E-state index >= 15 is 0 Å². The Balaban J connectivity index is 1.96. The molecular weight excluding hydrogens is 278 g/mol. The van der Waals surface area contributed by atoms with Crippen molar-refractivity contribution < 1.29 is 18.3 Å². The third-order valence-electron chi connectivity index (χ3n) is 3.71. The summed E-state index contributed by atoms with van der Waals surface area (Å²) in [5, 5.41) is 6.19. The van der Waals surface area contributed by atoms with Crippen LogP contribution in [0.15, 0.2) is 24.3 Å². The van der Waals surface area contributed by atoms with E-state index in [2.05, 4.69) is 22.3 Å². The van der Waals surface area contributed by atoms with Gasteiger partial charge in [0.2, 0.25) is 5.91 Å². The van der Waals surface area contributed by atoms with E-state index in [-0.39, 0.29) is 24.1 Å². The van der Waals surface area contributed by atoms with E-state index in [1.54, 1.807) is 18.2 Å². The number of rotatable bonds is 5. The van der Waals surface area contributed by atoms with Crippen LogP contribution in [0.3, 0.4) is 0 Å². The maximum Gasteiger partial charge on any atom is 0.387 e. The standard InChI is InChI=1S/C15H20F2N2O2/c1-10-6-7-18-9-12(10)19-14(20)8-11-4-2-3-5-13(11)21-15(16)17/h2-5,10,12,15,18H,6-9H2,1H3,(H,19,20). The lowest BCUT2D eigenvalue weighted by Gasteiger charge is -2.30. The molecule has 2 rings (SSSR count). The molecule has 21 heavy (non-hydrogen) atoms. The number of ether oxygens (including phenoxy) is 1. The van der Waals surface area contributed by atoms with Gasteiger partial charge in [-0.05, 0) is 24.9 Å². The summed E-state index contributed by atoms with van der Waals surface area (Å²) in [6, 6.07) is 6.45. The van der Waals surface area contributed by atoms with Crippen molar-refractivity contribution in [2.24, 2.45) is 5.92 Å². The minimum Gasteiger partial charge on any atom is -0.435 e. The van der Waals surface area contributed by atoms with Crippen LogP contribution in [-0.4, -0.2) is 31.7 Å². The van der Waals surface area contributed by atoms with Gasteiger partial charge < -0.3 is 15.4 Å². The molecule has 0 radical (unpaired) electrons. The normalized spacial score (nSPS) is 22.1. The van der Waals surface area contributed by atoms with E-state index in [0.29, 0.717) is 11.5 Å². The van der Waals surface area contributed by atoms with Gasteiger partial charge in [0.1, 0.15) is 5.75 Å². The van der Waals surface area contributed by atoms with E-state index in [1.165, 1.54) is 6.07 Å². The van der Waals surface area contributed by atoms with Gasteiger partial charge in [0.25, 0.3) is 0 Å². The molecule has 116 valence electrons. The van der Waals surface area contributed by atoms with Gasteiger partial charge in [-0.2, -0.15) is 8.78 Å². The highest BCUT2D eigenvalue weighted by Gasteiger charge is 2.23. The van der Waals surface area contributed by atoms with Crippen LogP contribution in [0.1, 0.15) is 18.9 Å². The number of carbonyl (C=O) groups excluding carboxylic acids is 1. The summed E-state index contributed by atoms with van der Waals surface area (Å²) in [4.78, 5) is 12.1. The van der Waals surface area contributed by atoms with E-state index < -0.39 is 6.61 Å². The lowest BCUT2D eigenvalue weighted by atomic mass is 9.94. The second-order valence-electron chi connectivity index (χ2n) is 5.31. The van der Waals surface area contributed by atoms with Crippen molar-refractivity contribution >= 4 is 5.91 Å². The third-order valence-corrected chi connectivity index (χ3v) is 3.71. The fourth-order valence-electron chi connectivity index (χ4n) is 2.47. The first kappa shape index (κ1) is 15.7. The van der Waals surface area contributed by atoms with Crippen molar-refractivity contribution in [3.8, 4) is 5.75 Å². The second-order valence-corrected chi connectivity index (χ2v) is 5.31. The van der Waals surface area contributed by atoms with Gasteiger partial charge in [-0.25, -0.2) is 0 Å². The number of alkyl halides is 2. The van der Waals surface area contributed by atoms with Gasteiger partial charge in [-0.15, -0.1) is 0 Å². The van der Waals surface area contributed by atoms with Crippen molar-refractivity contribution in [2.75, 3.05) is 13.1 Å². The average molecular weight is 298 g/mol. The lowest BCUT2D eigenvalue weighted by Crippen LogP contribution is -2.50. The minimum atomic E-state index is -2.89. The monoisotopic (exact) mass is 298 g/mol. The van der Waals surface area contributed by atoms with Gasteiger partial charge >= 0.3 is 6.61 Å². The van der Waals surface area contributed by atoms with Crippen LogP contribution in [0.5, 0.6) is 5.75 Å². The van der Waals surface area contributed by atoms with Crippen molar-refractivity contribution in [1.82, 2.24) is 10.6 Å². The van der Waals surface area contributed by atoms with Crippen molar-refractivity contribution in [2.45, 2.75) is 32.4 Å². The predicted molar refractivity (Wildman–Crippen MR) is 75.4 cm³/mol. The summed E-state index contributed by atoms with van der Waals surface area (Å²) >= 11 is 0. The molecule has 0 saturated carbocycles. The maximum atomic E-state index is 12.3. The number of hydrogen-bond acceptors (Lipinski definition) is 3. The molecule has 6 heteroatoms. The van der Waals surface area contributed by atoms with Crippen LogP contribution < -0.4 is 15.4 Å². The number of nitrogens with one attached hydrogen (secondary N) is 2. The number of piperidine rings is 1. The summed E-state index contributed by atoms with van der Waals surface area (Å²) in [5.41, 5.74) is 0.465. The Bertz CT molecular complexity index is 482. The molecule has 1 aliphatic heterocycles. The highest BCUT2D eigenvalue weighted by molar-refractivity contribution is 5.79. The smallest absolute Gasteiger partial charge is 0.387 e. The van der Waals surface area contributed by atoms with Crippen LogP contribution in [0.4, 0.5) is 8.78 Å². The Kier molecular flexibility index (Phi) is 5.50. The van der Waals surface area contributed by atoms with E-state index in [4.69, 9.17) is 0 Å². The van der Waals surface area contributed by atoms with Crippen LogP contribution in [0.25, 0.3) is 0 Å². The quantitative estimate of drug-likeness (QED) is 0.873. The summed E-state index contributed by atoms with van der Waals surface area (Å²) in [5.74, 6) is 0.279. The van der Waals surface area contributed by atoms with Crippen LogP contribution in [0, 0.1) is 5.92 Å². The van der Waals surface area contributed by atoms with Crippen LogP contribution in [0.2, 0.25) is 0 Å². The summed E-state index contributed by atoms with van der Waals surface area (Å²) in [6.07, 6.45) is 1.04. The molecule has 0 bridgehead atoms. The Labute approximate surface area is 122 Å². The number of amides is 1. The molecule has 1 aromatic carbocycles. The van der Waals surface area contributed by atoms with Gasteiger partial charge in [0.05, 0.1) is 6.42 Å².